The minimum absolute atomic E-state index is 0.180. The van der Waals surface area contributed by atoms with Gasteiger partial charge in [-0.25, -0.2) is 9.38 Å². The molecule has 0 bridgehead atoms. The van der Waals surface area contributed by atoms with Crippen molar-refractivity contribution in [3.05, 3.63) is 82.2 Å². The molecule has 0 unspecified atom stereocenters. The van der Waals surface area contributed by atoms with Crippen LogP contribution >= 0.6 is 11.3 Å². The third-order valence-electron chi connectivity index (χ3n) is 5.46. The number of rotatable bonds is 8. The molecule has 1 aliphatic heterocycles. The lowest BCUT2D eigenvalue weighted by atomic mass is 10.0. The van der Waals surface area contributed by atoms with Crippen LogP contribution in [0, 0.1) is 5.82 Å². The van der Waals surface area contributed by atoms with Crippen molar-refractivity contribution in [2.75, 3.05) is 19.6 Å². The zero-order valence-electron chi connectivity index (χ0n) is 17.6. The minimum Gasteiger partial charge on any atom is -0.469 e. The fourth-order valence-corrected chi connectivity index (χ4v) is 4.38. The molecule has 1 aliphatic rings. The summed E-state index contributed by atoms with van der Waals surface area (Å²) in [5.74, 6) is 1.65. The molecule has 2 N–H and O–H groups in total. The topological polar surface area (TPSA) is 52.8 Å². The number of thiophene rings is 1. The van der Waals surface area contributed by atoms with Crippen LogP contribution in [0.25, 0.3) is 0 Å². The molecule has 5 nitrogen and oxygen atoms in total. The van der Waals surface area contributed by atoms with Crippen molar-refractivity contribution in [3.8, 4) is 0 Å². The fourth-order valence-electron chi connectivity index (χ4n) is 3.75. The van der Waals surface area contributed by atoms with Crippen molar-refractivity contribution in [1.29, 1.82) is 0 Å². The normalized spacial score (nSPS) is 15.8. The summed E-state index contributed by atoms with van der Waals surface area (Å²) in [6, 6.07) is 15.3. The highest BCUT2D eigenvalue weighted by molar-refractivity contribution is 7.09. The van der Waals surface area contributed by atoms with Gasteiger partial charge in [0.15, 0.2) is 5.96 Å². The zero-order valence-corrected chi connectivity index (χ0v) is 18.4. The Morgan fingerprint density at radius 2 is 1.97 bits per heavy atom. The van der Waals surface area contributed by atoms with Crippen molar-refractivity contribution in [3.63, 3.8) is 0 Å². The van der Waals surface area contributed by atoms with E-state index in [0.29, 0.717) is 12.6 Å². The Morgan fingerprint density at radius 1 is 1.13 bits per heavy atom. The Balaban J connectivity index is 1.27. The van der Waals surface area contributed by atoms with Gasteiger partial charge in [0, 0.05) is 43.5 Å². The van der Waals surface area contributed by atoms with Crippen molar-refractivity contribution in [1.82, 2.24) is 15.5 Å². The van der Waals surface area contributed by atoms with Crippen LogP contribution in [-0.2, 0) is 19.5 Å². The molecule has 3 heterocycles. The first-order valence-electron chi connectivity index (χ1n) is 10.8. The molecule has 164 valence electrons. The van der Waals surface area contributed by atoms with Gasteiger partial charge in [0.2, 0.25) is 0 Å². The molecule has 0 amide bonds. The quantitative estimate of drug-likeness (QED) is 0.402. The second-order valence-corrected chi connectivity index (χ2v) is 8.85. The van der Waals surface area contributed by atoms with Gasteiger partial charge in [0.1, 0.15) is 11.6 Å². The number of halogens is 1. The van der Waals surface area contributed by atoms with E-state index in [1.54, 1.807) is 17.6 Å². The first-order chi connectivity index (χ1) is 15.2. The molecule has 0 spiro atoms. The van der Waals surface area contributed by atoms with Crippen LogP contribution < -0.4 is 10.6 Å². The number of aliphatic imine (C=N–C) groups is 1. The number of hydrogen-bond acceptors (Lipinski definition) is 4. The lowest BCUT2D eigenvalue weighted by molar-refractivity contribution is 0.198. The molecule has 0 saturated carbocycles. The predicted octanol–water partition coefficient (Wildman–Crippen LogP) is 4.42. The number of furan rings is 1. The molecule has 0 aliphatic carbocycles. The van der Waals surface area contributed by atoms with E-state index < -0.39 is 0 Å². The van der Waals surface area contributed by atoms with E-state index in [-0.39, 0.29) is 5.82 Å². The third-order valence-corrected chi connectivity index (χ3v) is 6.33. The van der Waals surface area contributed by atoms with E-state index in [4.69, 9.17) is 9.41 Å². The minimum atomic E-state index is -0.180. The number of benzene rings is 1. The highest BCUT2D eigenvalue weighted by atomic mass is 32.1. The maximum absolute atomic E-state index is 13.1. The Labute approximate surface area is 187 Å². The number of hydrogen-bond donors (Lipinski definition) is 2. The molecule has 1 saturated heterocycles. The summed E-state index contributed by atoms with van der Waals surface area (Å²) in [6.45, 7) is 4.34. The highest BCUT2D eigenvalue weighted by Crippen LogP contribution is 2.15. The molecule has 3 aromatic rings. The van der Waals surface area contributed by atoms with E-state index >= 15 is 0 Å². The summed E-state index contributed by atoms with van der Waals surface area (Å²) < 4.78 is 18.5. The van der Waals surface area contributed by atoms with Crippen LogP contribution in [0.15, 0.2) is 69.6 Å². The standard InChI is InChI=1S/C24H29FN4OS/c25-20-7-5-19(6-8-20)18-29-13-10-21(11-14-29)28-24(27-17-23-4-2-16-31-23)26-12-9-22-3-1-15-30-22/h1-8,15-16,21H,9-14,17-18H2,(H2,26,27,28). The van der Waals surface area contributed by atoms with E-state index in [9.17, 15) is 4.39 Å². The average molecular weight is 441 g/mol. The average Bonchev–Trinajstić information content (AvgIpc) is 3.49. The largest absolute Gasteiger partial charge is 0.469 e. The first kappa shape index (κ1) is 21.6. The van der Waals surface area contributed by atoms with E-state index in [1.165, 1.54) is 17.0 Å². The summed E-state index contributed by atoms with van der Waals surface area (Å²) in [4.78, 5) is 8.48. The number of piperidine rings is 1. The van der Waals surface area contributed by atoms with Crippen LogP contribution in [-0.4, -0.2) is 36.5 Å². The van der Waals surface area contributed by atoms with Gasteiger partial charge in [-0.15, -0.1) is 11.3 Å². The molecule has 31 heavy (non-hydrogen) atoms. The van der Waals surface area contributed by atoms with Gasteiger partial charge in [-0.3, -0.25) is 4.90 Å². The maximum Gasteiger partial charge on any atom is 0.191 e. The van der Waals surface area contributed by atoms with Crippen LogP contribution in [0.3, 0.4) is 0 Å². The van der Waals surface area contributed by atoms with Gasteiger partial charge in [-0.2, -0.15) is 0 Å². The summed E-state index contributed by atoms with van der Waals surface area (Å²) in [5.41, 5.74) is 1.16. The first-order valence-corrected chi connectivity index (χ1v) is 11.7. The van der Waals surface area contributed by atoms with Crippen molar-refractivity contribution in [2.24, 2.45) is 4.99 Å². The second kappa shape index (κ2) is 11.1. The molecule has 0 atom stereocenters. The van der Waals surface area contributed by atoms with Crippen LogP contribution in [0.5, 0.6) is 0 Å². The Kier molecular flexibility index (Phi) is 7.74. The van der Waals surface area contributed by atoms with Gasteiger partial charge in [0.05, 0.1) is 12.8 Å². The number of nitrogens with one attached hydrogen (secondary N) is 2. The second-order valence-electron chi connectivity index (χ2n) is 7.82. The van der Waals surface area contributed by atoms with Crippen LogP contribution in [0.1, 0.15) is 29.0 Å². The molecule has 2 aromatic heterocycles. The molecule has 0 radical (unpaired) electrons. The van der Waals surface area contributed by atoms with Crippen molar-refractivity contribution >= 4 is 17.3 Å². The Bertz CT molecular complexity index is 917. The highest BCUT2D eigenvalue weighted by Gasteiger charge is 2.20. The van der Waals surface area contributed by atoms with Crippen LogP contribution in [0.2, 0.25) is 0 Å². The molecular formula is C24H29FN4OS. The van der Waals surface area contributed by atoms with E-state index in [0.717, 1.165) is 62.7 Å². The lowest BCUT2D eigenvalue weighted by Gasteiger charge is -2.33. The summed E-state index contributed by atoms with van der Waals surface area (Å²) in [6.07, 6.45) is 4.64. The maximum atomic E-state index is 13.1. The van der Waals surface area contributed by atoms with E-state index in [2.05, 4.69) is 33.0 Å². The monoisotopic (exact) mass is 440 g/mol. The third kappa shape index (κ3) is 6.94. The predicted molar refractivity (Wildman–Crippen MR) is 124 cm³/mol. The fraction of sp³-hybridized carbons (Fsp3) is 0.375. The Hall–Kier alpha value is -2.64. The molecule has 1 aromatic carbocycles. The molecule has 7 heteroatoms. The number of nitrogens with zero attached hydrogens (tertiary/aromatic N) is 2. The lowest BCUT2D eigenvalue weighted by Crippen LogP contribution is -2.48. The van der Waals surface area contributed by atoms with Crippen molar-refractivity contribution < 1.29 is 8.81 Å². The smallest absolute Gasteiger partial charge is 0.191 e. The van der Waals surface area contributed by atoms with Gasteiger partial charge >= 0.3 is 0 Å². The SMILES string of the molecule is Fc1ccc(CN2CCC(NC(=NCc3cccs3)NCCc3ccco3)CC2)cc1. The number of likely N-dealkylation sites (tertiary alicyclic amines) is 1. The molecule has 1 fully saturated rings. The van der Waals surface area contributed by atoms with Gasteiger partial charge in [-0.05, 0) is 54.1 Å². The van der Waals surface area contributed by atoms with Crippen molar-refractivity contribution in [2.45, 2.75) is 38.4 Å². The number of guanidine groups is 1. The zero-order chi connectivity index (χ0) is 21.3. The van der Waals surface area contributed by atoms with E-state index in [1.807, 2.05) is 24.3 Å². The summed E-state index contributed by atoms with van der Waals surface area (Å²) in [7, 11) is 0. The molecule has 4 rings (SSSR count). The van der Waals surface area contributed by atoms with Crippen LogP contribution in [0.4, 0.5) is 4.39 Å². The molecular weight excluding hydrogens is 411 g/mol. The van der Waals surface area contributed by atoms with Gasteiger partial charge < -0.3 is 15.1 Å². The van der Waals surface area contributed by atoms with Gasteiger partial charge in [-0.1, -0.05) is 18.2 Å². The van der Waals surface area contributed by atoms with Gasteiger partial charge in [0.25, 0.3) is 0 Å². The summed E-state index contributed by atoms with van der Waals surface area (Å²) >= 11 is 1.73. The Morgan fingerprint density at radius 3 is 2.68 bits per heavy atom. The summed E-state index contributed by atoms with van der Waals surface area (Å²) in [5, 5.41) is 9.17.